The smallest absolute Gasteiger partial charge is 0.121 e. The van der Waals surface area contributed by atoms with E-state index in [2.05, 4.69) is 184 Å². The predicted octanol–water partition coefficient (Wildman–Crippen LogP) is 16.6. The molecule has 3 aromatic heterocycles. The molecule has 345 valence electrons. The second-order valence-corrected chi connectivity index (χ2v) is 24.4. The maximum Gasteiger partial charge on any atom is 0.121 e. The van der Waals surface area contributed by atoms with Crippen LogP contribution in [0.15, 0.2) is 162 Å². The minimum Gasteiger partial charge on any atom is -0.501 e. The molecule has 10 rings (SSSR count). The van der Waals surface area contributed by atoms with Crippen molar-refractivity contribution < 1.29 is 31.4 Å². The summed E-state index contributed by atoms with van der Waals surface area (Å²) in [5.41, 5.74) is 15.3. The van der Waals surface area contributed by atoms with E-state index in [0.29, 0.717) is 16.8 Å². The maximum absolute atomic E-state index is 8.59. The van der Waals surface area contributed by atoms with E-state index >= 15 is 0 Å². The molecule has 0 aliphatic carbocycles. The zero-order chi connectivity index (χ0) is 51.3. The average Bonchev–Trinajstić information content (AvgIpc) is 3.94. The van der Waals surface area contributed by atoms with Gasteiger partial charge in [-0.25, -0.2) is 0 Å². The summed E-state index contributed by atoms with van der Waals surface area (Å²) >= 11 is 0. The number of aryl methyl sites for hydroxylation is 1. The van der Waals surface area contributed by atoms with Crippen molar-refractivity contribution in [2.75, 3.05) is 0 Å². The fourth-order valence-corrected chi connectivity index (χ4v) is 10.4. The van der Waals surface area contributed by atoms with Gasteiger partial charge in [0.15, 0.2) is 0 Å². The summed E-state index contributed by atoms with van der Waals surface area (Å²) in [6, 6.07) is 58.0. The number of hydrogen-bond acceptors (Lipinski definition) is 3. The third-order valence-electron chi connectivity index (χ3n) is 12.3. The Balaban J connectivity index is 0.000000226. The zero-order valence-corrected chi connectivity index (χ0v) is 43.7. The SMILES string of the molecule is CC(C)c1cc(-c2ccccc2)cc(C(C)C)c1-n1c(-c2[c-]ccc3c2oc2cc(-c4ccccc4)ccc23)nc2ccccc21.[2H]C([2H])([2H])c1c[c-]c(-c2cc(C([2H])([2H])C(C)C)c([Si](C)(C)C)cn2)cc1.[Ir]. The Kier molecular flexibility index (Phi) is 12.5. The molecule has 0 atom stereocenters. The van der Waals surface area contributed by atoms with Crippen LogP contribution in [-0.2, 0) is 26.5 Å². The van der Waals surface area contributed by atoms with E-state index in [1.165, 1.54) is 39.6 Å². The average molecular weight is 1090 g/mol. The number of nitrogens with zero attached hydrogens (tertiary/aromatic N) is 3. The molecule has 0 bridgehead atoms. The normalized spacial score (nSPS) is 13.2. The molecular weight excluding hydrogens is 1020 g/mol. The Morgan fingerprint density at radius 3 is 1.97 bits per heavy atom. The fraction of sp³-hybridized carbons (Fsp3) is 0.226. The van der Waals surface area contributed by atoms with Crippen LogP contribution in [0.1, 0.15) is 82.5 Å². The Hall–Kier alpha value is -6.17. The molecule has 0 saturated heterocycles. The van der Waals surface area contributed by atoms with Gasteiger partial charge in [-0.1, -0.05) is 176 Å². The van der Waals surface area contributed by atoms with Crippen molar-refractivity contribution >= 4 is 46.2 Å². The number of pyridine rings is 1. The van der Waals surface area contributed by atoms with E-state index in [-0.39, 0.29) is 43.4 Å². The van der Waals surface area contributed by atoms with Crippen molar-refractivity contribution in [1.29, 1.82) is 0 Å². The molecule has 0 spiro atoms. The largest absolute Gasteiger partial charge is 0.501 e. The number of para-hydroxylation sites is 2. The van der Waals surface area contributed by atoms with Crippen molar-refractivity contribution in [3.63, 3.8) is 0 Å². The molecule has 0 amide bonds. The van der Waals surface area contributed by atoms with Gasteiger partial charge in [-0.2, -0.15) is 0 Å². The van der Waals surface area contributed by atoms with Gasteiger partial charge in [-0.15, -0.1) is 53.6 Å². The fourth-order valence-electron chi connectivity index (χ4n) is 8.97. The van der Waals surface area contributed by atoms with E-state index in [1.54, 1.807) is 18.3 Å². The van der Waals surface area contributed by atoms with Crippen molar-refractivity contribution in [3.8, 4) is 50.6 Å². The number of furan rings is 1. The van der Waals surface area contributed by atoms with Gasteiger partial charge in [-0.05, 0) is 98.7 Å². The van der Waals surface area contributed by atoms with E-state index in [0.717, 1.165) is 55.1 Å². The molecule has 0 saturated carbocycles. The van der Waals surface area contributed by atoms with Crippen molar-refractivity contribution in [2.45, 2.75) is 86.2 Å². The van der Waals surface area contributed by atoms with E-state index in [1.807, 2.05) is 32.0 Å². The van der Waals surface area contributed by atoms with Crippen LogP contribution in [0, 0.1) is 24.9 Å². The van der Waals surface area contributed by atoms with Gasteiger partial charge in [0.25, 0.3) is 0 Å². The van der Waals surface area contributed by atoms with E-state index in [4.69, 9.17) is 16.3 Å². The number of rotatable bonds is 10. The Bertz CT molecular complexity index is 3530. The van der Waals surface area contributed by atoms with Gasteiger partial charge in [0.1, 0.15) is 5.58 Å². The first-order valence-electron chi connectivity index (χ1n) is 25.9. The molecule has 68 heavy (non-hydrogen) atoms. The number of benzene rings is 7. The molecule has 10 aromatic rings. The topological polar surface area (TPSA) is 43.9 Å². The van der Waals surface area contributed by atoms with Crippen molar-refractivity contribution in [1.82, 2.24) is 14.5 Å². The molecule has 0 unspecified atom stereocenters. The first kappa shape index (κ1) is 42.0. The first-order chi connectivity index (χ1) is 34.2. The molecular formula is C62H61IrN3OSi-2. The second kappa shape index (κ2) is 20.2. The van der Waals surface area contributed by atoms with Gasteiger partial charge < -0.3 is 14.0 Å². The minimum absolute atomic E-state index is 0. The summed E-state index contributed by atoms with van der Waals surface area (Å²) in [4.78, 5) is 9.83. The number of hydrogen-bond donors (Lipinski definition) is 0. The maximum atomic E-state index is 8.59. The molecule has 3 heterocycles. The van der Waals surface area contributed by atoms with Gasteiger partial charge >= 0.3 is 0 Å². The van der Waals surface area contributed by atoms with Gasteiger partial charge in [0.2, 0.25) is 0 Å². The van der Waals surface area contributed by atoms with Crippen LogP contribution >= 0.6 is 0 Å². The summed E-state index contributed by atoms with van der Waals surface area (Å²) < 4.78 is 48.7. The van der Waals surface area contributed by atoms with Crippen molar-refractivity contribution in [2.24, 2.45) is 5.92 Å². The van der Waals surface area contributed by atoms with Gasteiger partial charge in [-0.3, -0.25) is 4.98 Å². The molecule has 1 radical (unpaired) electrons. The quantitative estimate of drug-likeness (QED) is 0.101. The van der Waals surface area contributed by atoms with Crippen LogP contribution in [-0.4, -0.2) is 22.6 Å². The third-order valence-corrected chi connectivity index (χ3v) is 14.3. The van der Waals surface area contributed by atoms with Crippen LogP contribution in [0.4, 0.5) is 0 Å². The van der Waals surface area contributed by atoms with Crippen molar-refractivity contribution in [3.05, 3.63) is 192 Å². The standard InChI is InChI=1S/C43H35N2O.C19H26NSi.Ir/c1-27(2)36-24-32(30-16-9-6-10-17-30)25-37(28(3)4)41(36)45-39-21-12-11-20-38(39)44-43(45)35-19-13-18-34-33-23-22-31(26-40(33)46-42(34)35)29-14-7-5-8-15-29;1-14(2)11-17-12-18(16-9-7-15(3)8-10-16)20-13-19(17)21(4,5)6;/h5-18,20-28H,1-4H3;7-9,12-14H,11H2,1-6H3;/q2*-1;/i;3D3,11D2;. The second-order valence-electron chi connectivity index (χ2n) is 19.4. The Morgan fingerprint density at radius 1 is 0.691 bits per heavy atom. The van der Waals surface area contributed by atoms with Crippen LogP contribution in [0.2, 0.25) is 19.6 Å². The van der Waals surface area contributed by atoms with Crippen LogP contribution in [0.25, 0.3) is 83.6 Å². The molecule has 0 aliphatic heterocycles. The summed E-state index contributed by atoms with van der Waals surface area (Å²) in [5.74, 6) is 1.24. The van der Waals surface area contributed by atoms with Gasteiger partial charge in [0.05, 0.1) is 30.5 Å². The summed E-state index contributed by atoms with van der Waals surface area (Å²) in [6.07, 6.45) is 0.328. The summed E-state index contributed by atoms with van der Waals surface area (Å²) in [5, 5.41) is 3.17. The Labute approximate surface area is 424 Å². The number of imidazole rings is 1. The zero-order valence-electron chi connectivity index (χ0n) is 45.3. The molecule has 6 heteroatoms. The van der Waals surface area contributed by atoms with E-state index < -0.39 is 21.3 Å². The monoisotopic (exact) mass is 1090 g/mol. The molecule has 0 fully saturated rings. The van der Waals surface area contributed by atoms with E-state index in [9.17, 15) is 0 Å². The Morgan fingerprint density at radius 2 is 1.35 bits per heavy atom. The molecule has 7 aromatic carbocycles. The first-order valence-corrected chi connectivity index (χ1v) is 26.9. The minimum atomic E-state index is -2.16. The molecule has 0 N–H and O–H groups in total. The molecule has 4 nitrogen and oxygen atoms in total. The van der Waals surface area contributed by atoms with Crippen LogP contribution in [0.5, 0.6) is 0 Å². The van der Waals surface area contributed by atoms with Crippen LogP contribution < -0.4 is 5.19 Å². The third kappa shape index (κ3) is 9.87. The number of aromatic nitrogens is 3. The van der Waals surface area contributed by atoms with Gasteiger partial charge in [0, 0.05) is 44.2 Å². The predicted molar refractivity (Wildman–Crippen MR) is 286 cm³/mol. The number of fused-ring (bicyclic) bond motifs is 4. The summed E-state index contributed by atoms with van der Waals surface area (Å²) in [6.45, 7) is 17.3. The van der Waals surface area contributed by atoms with Crippen LogP contribution in [0.3, 0.4) is 0 Å². The molecule has 0 aliphatic rings. The summed E-state index contributed by atoms with van der Waals surface area (Å²) in [7, 11) is -1.78.